The van der Waals surface area contributed by atoms with Crippen molar-refractivity contribution in [2.24, 2.45) is 0 Å². The molecule has 2 rings (SSSR count). The number of carboxylic acid groups (broad SMARTS) is 1. The third-order valence-electron chi connectivity index (χ3n) is 3.57. The van der Waals surface area contributed by atoms with Gasteiger partial charge >= 0.3 is 16.2 Å². The Morgan fingerprint density at radius 2 is 2.17 bits per heavy atom. The predicted molar refractivity (Wildman–Crippen MR) is 82.2 cm³/mol. The van der Waals surface area contributed by atoms with Gasteiger partial charge in [0.2, 0.25) is 0 Å². The fraction of sp³-hybridized carbons (Fsp3) is 0.385. The average Bonchev–Trinajstić information content (AvgIpc) is 2.87. The van der Waals surface area contributed by atoms with Crippen molar-refractivity contribution in [3.05, 3.63) is 28.3 Å². The summed E-state index contributed by atoms with van der Waals surface area (Å²) in [5.74, 6) is -1.33. The second kappa shape index (κ2) is 6.33. The van der Waals surface area contributed by atoms with Crippen molar-refractivity contribution in [2.75, 3.05) is 11.3 Å². The van der Waals surface area contributed by atoms with Crippen LogP contribution in [0.3, 0.4) is 0 Å². The van der Waals surface area contributed by atoms with E-state index >= 15 is 0 Å². The van der Waals surface area contributed by atoms with Gasteiger partial charge in [-0.25, -0.2) is 0 Å². The lowest BCUT2D eigenvalue weighted by atomic mass is 10.1. The van der Waals surface area contributed by atoms with Crippen LogP contribution >= 0.6 is 11.6 Å². The summed E-state index contributed by atoms with van der Waals surface area (Å²) < 4.78 is 27.8. The third kappa shape index (κ3) is 3.40. The van der Waals surface area contributed by atoms with E-state index in [-0.39, 0.29) is 29.2 Å². The number of carboxylic acids is 1. The highest BCUT2D eigenvalue weighted by molar-refractivity contribution is 7.90. The molecule has 10 heteroatoms. The van der Waals surface area contributed by atoms with Crippen LogP contribution in [0.25, 0.3) is 0 Å². The highest BCUT2D eigenvalue weighted by Crippen LogP contribution is 2.29. The Kier molecular flexibility index (Phi) is 4.81. The minimum Gasteiger partial charge on any atom is -0.480 e. The van der Waals surface area contributed by atoms with Crippen molar-refractivity contribution in [1.29, 1.82) is 5.26 Å². The summed E-state index contributed by atoms with van der Waals surface area (Å²) in [5.41, 5.74) is 0.688. The topological polar surface area (TPSA) is 131 Å². The molecule has 1 aliphatic rings. The molecule has 1 aromatic carbocycles. The van der Waals surface area contributed by atoms with Gasteiger partial charge in [-0.15, -0.1) is 0 Å². The lowest BCUT2D eigenvalue weighted by molar-refractivity contribution is -0.140. The van der Waals surface area contributed by atoms with E-state index in [1.165, 1.54) is 19.1 Å². The van der Waals surface area contributed by atoms with Crippen LogP contribution in [0.15, 0.2) is 12.1 Å². The Balaban J connectivity index is 2.34. The predicted octanol–water partition coefficient (Wildman–Crippen LogP) is 0.697. The number of rotatable bonds is 4. The number of benzene rings is 1. The SMILES string of the molecule is Cc1c(NS(=O)(=O)N2C[C@@H](O)C[C@H]2C(=O)O)ccc(C#N)c1Cl. The first-order chi connectivity index (χ1) is 10.7. The minimum atomic E-state index is -4.20. The standard InChI is InChI=1S/C13H14ClN3O5S/c1-7-10(3-2-8(5-15)12(7)14)16-23(21,22)17-6-9(18)4-11(17)13(19)20/h2-3,9,11,16,18H,4,6H2,1H3,(H,19,20)/t9-,11-/m0/s1. The molecule has 0 bridgehead atoms. The third-order valence-corrected chi connectivity index (χ3v) is 5.56. The summed E-state index contributed by atoms with van der Waals surface area (Å²) in [7, 11) is -4.20. The number of aliphatic hydroxyl groups excluding tert-OH is 1. The van der Waals surface area contributed by atoms with Gasteiger partial charge in [0, 0.05) is 13.0 Å². The number of aliphatic hydroxyl groups is 1. The van der Waals surface area contributed by atoms with Crippen LogP contribution in [-0.2, 0) is 15.0 Å². The van der Waals surface area contributed by atoms with Gasteiger partial charge in [-0.2, -0.15) is 18.0 Å². The second-order valence-electron chi connectivity index (χ2n) is 5.13. The van der Waals surface area contributed by atoms with Gasteiger partial charge < -0.3 is 10.2 Å². The Bertz CT molecular complexity index is 790. The number of nitriles is 1. The number of nitrogens with zero attached hydrogens (tertiary/aromatic N) is 2. The molecule has 1 fully saturated rings. The molecule has 1 aromatic rings. The average molecular weight is 360 g/mol. The highest BCUT2D eigenvalue weighted by atomic mass is 35.5. The quantitative estimate of drug-likeness (QED) is 0.725. The zero-order valence-electron chi connectivity index (χ0n) is 12.0. The Morgan fingerprint density at radius 1 is 1.52 bits per heavy atom. The van der Waals surface area contributed by atoms with Crippen molar-refractivity contribution in [3.8, 4) is 6.07 Å². The Morgan fingerprint density at radius 3 is 2.74 bits per heavy atom. The molecule has 0 aromatic heterocycles. The molecule has 0 spiro atoms. The van der Waals surface area contributed by atoms with Crippen LogP contribution < -0.4 is 4.72 Å². The van der Waals surface area contributed by atoms with E-state index in [1.807, 2.05) is 6.07 Å². The lowest BCUT2D eigenvalue weighted by Gasteiger charge is -2.22. The molecule has 0 saturated carbocycles. The van der Waals surface area contributed by atoms with E-state index in [9.17, 15) is 18.3 Å². The molecule has 124 valence electrons. The zero-order chi connectivity index (χ0) is 17.4. The lowest BCUT2D eigenvalue weighted by Crippen LogP contribution is -2.43. The fourth-order valence-corrected chi connectivity index (χ4v) is 4.06. The molecular formula is C13H14ClN3O5S. The largest absolute Gasteiger partial charge is 0.480 e. The molecule has 8 nitrogen and oxygen atoms in total. The van der Waals surface area contributed by atoms with Crippen molar-refractivity contribution >= 4 is 33.5 Å². The van der Waals surface area contributed by atoms with Gasteiger partial charge in [-0.3, -0.25) is 9.52 Å². The molecule has 23 heavy (non-hydrogen) atoms. The molecular weight excluding hydrogens is 346 g/mol. The number of halogens is 1. The first-order valence-electron chi connectivity index (χ1n) is 6.57. The van der Waals surface area contributed by atoms with Crippen LogP contribution in [0.1, 0.15) is 17.5 Å². The van der Waals surface area contributed by atoms with E-state index in [0.29, 0.717) is 9.87 Å². The highest BCUT2D eigenvalue weighted by Gasteiger charge is 2.43. The minimum absolute atomic E-state index is 0.115. The summed E-state index contributed by atoms with van der Waals surface area (Å²) >= 11 is 5.98. The second-order valence-corrected chi connectivity index (χ2v) is 7.13. The maximum atomic E-state index is 12.4. The van der Waals surface area contributed by atoms with Crippen molar-refractivity contribution < 1.29 is 23.4 Å². The number of carbonyl (C=O) groups is 1. The molecule has 0 aliphatic carbocycles. The number of aliphatic carboxylic acids is 1. The van der Waals surface area contributed by atoms with E-state index in [2.05, 4.69) is 4.72 Å². The van der Waals surface area contributed by atoms with Crippen molar-refractivity contribution in [3.63, 3.8) is 0 Å². The first-order valence-corrected chi connectivity index (χ1v) is 8.39. The molecule has 0 amide bonds. The molecule has 2 atom stereocenters. The Labute approximate surface area is 138 Å². The summed E-state index contributed by atoms with van der Waals surface area (Å²) in [6.45, 7) is 1.23. The van der Waals surface area contributed by atoms with Crippen molar-refractivity contribution in [2.45, 2.75) is 25.5 Å². The number of β-amino-alcohol motifs (C(OH)–C–C–N with tert-alkyl or cyclic N) is 1. The Hall–Kier alpha value is -1.86. The maximum Gasteiger partial charge on any atom is 0.322 e. The molecule has 1 aliphatic heterocycles. The van der Waals surface area contributed by atoms with Gasteiger partial charge in [-0.05, 0) is 24.6 Å². The molecule has 0 unspecified atom stereocenters. The summed E-state index contributed by atoms with van der Waals surface area (Å²) in [6, 6.07) is 3.28. The number of nitrogens with one attached hydrogen (secondary N) is 1. The van der Waals surface area contributed by atoms with Crippen LogP contribution in [0, 0.1) is 18.3 Å². The number of hydrogen-bond acceptors (Lipinski definition) is 5. The molecule has 0 radical (unpaired) electrons. The summed E-state index contributed by atoms with van der Waals surface area (Å²) in [4.78, 5) is 11.2. The van der Waals surface area contributed by atoms with Crippen molar-refractivity contribution in [1.82, 2.24) is 4.31 Å². The van der Waals surface area contributed by atoms with E-state index in [0.717, 1.165) is 0 Å². The van der Waals surface area contributed by atoms with Crippen LogP contribution in [-0.4, -0.2) is 47.6 Å². The van der Waals surface area contributed by atoms with Crippen LogP contribution in [0.5, 0.6) is 0 Å². The number of anilines is 1. The smallest absolute Gasteiger partial charge is 0.322 e. The monoisotopic (exact) mass is 359 g/mol. The van der Waals surface area contributed by atoms with Crippen LogP contribution in [0.4, 0.5) is 5.69 Å². The first kappa shape index (κ1) is 17.5. The normalized spacial score (nSPS) is 21.8. The van der Waals surface area contributed by atoms with Gasteiger partial charge in [0.1, 0.15) is 12.1 Å². The van der Waals surface area contributed by atoms with Gasteiger partial charge in [0.05, 0.1) is 22.4 Å². The molecule has 3 N–H and O–H groups in total. The molecule has 1 heterocycles. The van der Waals surface area contributed by atoms with Gasteiger partial charge in [-0.1, -0.05) is 11.6 Å². The maximum absolute atomic E-state index is 12.4. The summed E-state index contributed by atoms with van der Waals surface area (Å²) in [5, 5.41) is 27.7. The van der Waals surface area contributed by atoms with Crippen LogP contribution in [0.2, 0.25) is 5.02 Å². The van der Waals surface area contributed by atoms with Gasteiger partial charge in [0.15, 0.2) is 0 Å². The summed E-state index contributed by atoms with van der Waals surface area (Å²) in [6.07, 6.45) is -1.22. The molecule has 1 saturated heterocycles. The van der Waals surface area contributed by atoms with E-state index in [1.54, 1.807) is 0 Å². The number of hydrogen-bond donors (Lipinski definition) is 3. The van der Waals surface area contributed by atoms with Gasteiger partial charge in [0.25, 0.3) is 0 Å². The van der Waals surface area contributed by atoms with E-state index in [4.69, 9.17) is 22.0 Å². The van der Waals surface area contributed by atoms with E-state index < -0.39 is 28.3 Å². The fourth-order valence-electron chi connectivity index (χ4n) is 2.35. The zero-order valence-corrected chi connectivity index (χ0v) is 13.6.